The van der Waals surface area contributed by atoms with E-state index in [4.69, 9.17) is 34.8 Å². The van der Waals surface area contributed by atoms with Crippen LogP contribution in [0.1, 0.15) is 44.7 Å². The molecule has 1 atom stereocenters. The molecule has 1 N–H and O–H groups in total. The van der Waals surface area contributed by atoms with Crippen molar-refractivity contribution in [1.29, 1.82) is 0 Å². The standard InChI is InChI=1S/C25H32Cl3N3O4S/c1-16(2)29-25(33)18(4)30(15-19-11-12-20(26)14-22(19)28)24(32)10-7-13-31(36(5,34)35)23-9-6-8-21(27)17(23)3/h6,8-9,11-12,14,16,18H,7,10,13,15H2,1-5H3,(H,29,33). The Balaban J connectivity index is 2.24. The van der Waals surface area contributed by atoms with Gasteiger partial charge in [-0.25, -0.2) is 8.42 Å². The summed E-state index contributed by atoms with van der Waals surface area (Å²) in [6.45, 7) is 7.25. The molecular formula is C25H32Cl3N3O4S. The summed E-state index contributed by atoms with van der Waals surface area (Å²) in [4.78, 5) is 27.5. The van der Waals surface area contributed by atoms with E-state index in [1.165, 1.54) is 9.21 Å². The van der Waals surface area contributed by atoms with Crippen LogP contribution in [0.3, 0.4) is 0 Å². The molecule has 1 unspecified atom stereocenters. The van der Waals surface area contributed by atoms with E-state index >= 15 is 0 Å². The molecule has 0 radical (unpaired) electrons. The molecule has 0 saturated carbocycles. The Morgan fingerprint density at radius 3 is 2.28 bits per heavy atom. The van der Waals surface area contributed by atoms with Crippen LogP contribution in [-0.2, 0) is 26.2 Å². The number of carbonyl (C=O) groups excluding carboxylic acids is 2. The molecule has 11 heteroatoms. The molecule has 0 aliphatic rings. The summed E-state index contributed by atoms with van der Waals surface area (Å²) in [6.07, 6.45) is 1.37. The van der Waals surface area contributed by atoms with E-state index in [0.717, 1.165) is 6.26 Å². The van der Waals surface area contributed by atoms with Gasteiger partial charge in [-0.05, 0) is 69.5 Å². The highest BCUT2D eigenvalue weighted by Crippen LogP contribution is 2.29. The number of hydrogen-bond donors (Lipinski definition) is 1. The molecule has 0 aliphatic carbocycles. The molecule has 198 valence electrons. The Kier molecular flexibility index (Phi) is 10.9. The number of carbonyl (C=O) groups is 2. The molecule has 0 bridgehead atoms. The highest BCUT2D eigenvalue weighted by molar-refractivity contribution is 7.92. The van der Waals surface area contributed by atoms with E-state index in [9.17, 15) is 18.0 Å². The first-order valence-corrected chi connectivity index (χ1v) is 14.5. The maximum Gasteiger partial charge on any atom is 0.242 e. The van der Waals surface area contributed by atoms with E-state index in [1.807, 2.05) is 13.8 Å². The molecule has 0 fully saturated rings. The third-order valence-electron chi connectivity index (χ3n) is 5.61. The highest BCUT2D eigenvalue weighted by atomic mass is 35.5. The highest BCUT2D eigenvalue weighted by Gasteiger charge is 2.28. The number of rotatable bonds is 11. The molecule has 0 aromatic heterocycles. The van der Waals surface area contributed by atoms with E-state index < -0.39 is 16.1 Å². The van der Waals surface area contributed by atoms with Gasteiger partial charge in [0, 0.05) is 40.6 Å². The van der Waals surface area contributed by atoms with Crippen molar-refractivity contribution < 1.29 is 18.0 Å². The maximum absolute atomic E-state index is 13.3. The Bertz CT molecular complexity index is 1210. The van der Waals surface area contributed by atoms with Gasteiger partial charge in [0.1, 0.15) is 6.04 Å². The third kappa shape index (κ3) is 8.26. The molecule has 7 nitrogen and oxygen atoms in total. The minimum absolute atomic E-state index is 0.0239. The summed E-state index contributed by atoms with van der Waals surface area (Å²) in [5.74, 6) is -0.598. The monoisotopic (exact) mass is 575 g/mol. The van der Waals surface area contributed by atoms with Gasteiger partial charge in [0.15, 0.2) is 0 Å². The fourth-order valence-corrected chi connectivity index (χ4v) is 5.32. The Hall–Kier alpha value is -2.00. The zero-order valence-electron chi connectivity index (χ0n) is 21.0. The third-order valence-corrected chi connectivity index (χ3v) is 7.79. The molecule has 2 rings (SSSR count). The minimum Gasteiger partial charge on any atom is -0.352 e. The fraction of sp³-hybridized carbons (Fsp3) is 0.440. The van der Waals surface area contributed by atoms with Gasteiger partial charge in [0.05, 0.1) is 11.9 Å². The van der Waals surface area contributed by atoms with Crippen molar-refractivity contribution >= 4 is 62.3 Å². The number of halogens is 3. The molecule has 0 saturated heterocycles. The van der Waals surface area contributed by atoms with E-state index in [-0.39, 0.29) is 43.8 Å². The van der Waals surface area contributed by atoms with E-state index in [0.29, 0.717) is 31.9 Å². The number of nitrogens with zero attached hydrogens (tertiary/aromatic N) is 2. The van der Waals surface area contributed by atoms with E-state index in [1.54, 1.807) is 50.2 Å². The van der Waals surface area contributed by atoms with Gasteiger partial charge in [-0.3, -0.25) is 13.9 Å². The van der Waals surface area contributed by atoms with Crippen molar-refractivity contribution in [2.45, 2.75) is 59.2 Å². The Labute approximate surface area is 228 Å². The Morgan fingerprint density at radius 2 is 1.69 bits per heavy atom. The van der Waals surface area contributed by atoms with E-state index in [2.05, 4.69) is 5.32 Å². The van der Waals surface area contributed by atoms with Gasteiger partial charge >= 0.3 is 0 Å². The van der Waals surface area contributed by atoms with Crippen molar-refractivity contribution in [2.24, 2.45) is 0 Å². The normalized spacial score (nSPS) is 12.4. The summed E-state index contributed by atoms with van der Waals surface area (Å²) in [5, 5.41) is 4.13. The topological polar surface area (TPSA) is 86.8 Å². The SMILES string of the molecule is Cc1c(Cl)cccc1N(CCCC(=O)N(Cc1ccc(Cl)cc1Cl)C(C)C(=O)NC(C)C)S(C)(=O)=O. The fourth-order valence-electron chi connectivity index (χ4n) is 3.67. The van der Waals surface area contributed by atoms with Crippen LogP contribution in [0.15, 0.2) is 36.4 Å². The van der Waals surface area contributed by atoms with Crippen LogP contribution in [0.5, 0.6) is 0 Å². The van der Waals surface area contributed by atoms with Gasteiger partial charge in [-0.2, -0.15) is 0 Å². The molecular weight excluding hydrogens is 545 g/mol. The first-order valence-electron chi connectivity index (χ1n) is 11.5. The predicted octanol–water partition coefficient (Wildman–Crippen LogP) is 5.44. The van der Waals surface area contributed by atoms with Gasteiger partial charge in [0.2, 0.25) is 21.8 Å². The number of hydrogen-bond acceptors (Lipinski definition) is 4. The first-order chi connectivity index (χ1) is 16.7. The van der Waals surface area contributed by atoms with Crippen LogP contribution in [0.25, 0.3) is 0 Å². The number of anilines is 1. The van der Waals surface area contributed by atoms with Gasteiger partial charge in [-0.15, -0.1) is 0 Å². The quantitative estimate of drug-likeness (QED) is 0.386. The van der Waals surface area contributed by atoms with Crippen molar-refractivity contribution in [2.75, 3.05) is 17.1 Å². The van der Waals surface area contributed by atoms with Crippen LogP contribution >= 0.6 is 34.8 Å². The summed E-state index contributed by atoms with van der Waals surface area (Å²) in [6, 6.07) is 9.14. The van der Waals surface area contributed by atoms with Crippen molar-refractivity contribution in [3.63, 3.8) is 0 Å². The predicted molar refractivity (Wildman–Crippen MR) is 147 cm³/mol. The van der Waals surface area contributed by atoms with Crippen LogP contribution in [0.2, 0.25) is 15.1 Å². The summed E-state index contributed by atoms with van der Waals surface area (Å²) < 4.78 is 26.3. The van der Waals surface area contributed by atoms with Gasteiger partial charge < -0.3 is 10.2 Å². The minimum atomic E-state index is -3.62. The smallest absolute Gasteiger partial charge is 0.242 e. The molecule has 0 heterocycles. The average Bonchev–Trinajstić information content (AvgIpc) is 2.76. The number of sulfonamides is 1. The summed E-state index contributed by atoms with van der Waals surface area (Å²) >= 11 is 18.5. The lowest BCUT2D eigenvalue weighted by molar-refractivity contribution is -0.140. The van der Waals surface area contributed by atoms with Crippen molar-refractivity contribution in [1.82, 2.24) is 10.2 Å². The molecule has 2 aromatic carbocycles. The summed E-state index contributed by atoms with van der Waals surface area (Å²) in [5.41, 5.74) is 1.74. The number of amides is 2. The second-order valence-electron chi connectivity index (χ2n) is 8.92. The lowest BCUT2D eigenvalue weighted by Crippen LogP contribution is -2.49. The first kappa shape index (κ1) is 30.2. The number of benzene rings is 2. The molecule has 2 amide bonds. The summed E-state index contributed by atoms with van der Waals surface area (Å²) in [7, 11) is -3.62. The molecule has 0 spiro atoms. The van der Waals surface area contributed by atoms with Crippen molar-refractivity contribution in [3.8, 4) is 0 Å². The average molecular weight is 577 g/mol. The van der Waals surface area contributed by atoms with Crippen LogP contribution in [0, 0.1) is 6.92 Å². The van der Waals surface area contributed by atoms with Crippen molar-refractivity contribution in [3.05, 3.63) is 62.6 Å². The van der Waals surface area contributed by atoms with Crippen LogP contribution < -0.4 is 9.62 Å². The molecule has 2 aromatic rings. The lowest BCUT2D eigenvalue weighted by Gasteiger charge is -2.30. The second kappa shape index (κ2) is 13.0. The van der Waals surface area contributed by atoms with Crippen LogP contribution in [0.4, 0.5) is 5.69 Å². The largest absolute Gasteiger partial charge is 0.352 e. The zero-order valence-corrected chi connectivity index (χ0v) is 24.1. The molecule has 0 aliphatic heterocycles. The molecule has 36 heavy (non-hydrogen) atoms. The number of nitrogens with one attached hydrogen (secondary N) is 1. The zero-order chi connectivity index (χ0) is 27.2. The van der Waals surface area contributed by atoms with Gasteiger partial charge in [0.25, 0.3) is 0 Å². The lowest BCUT2D eigenvalue weighted by atomic mass is 10.1. The maximum atomic E-state index is 13.3. The van der Waals surface area contributed by atoms with Crippen LogP contribution in [-0.4, -0.2) is 50.0 Å². The Morgan fingerprint density at radius 1 is 1.03 bits per heavy atom. The second-order valence-corrected chi connectivity index (χ2v) is 12.1. The van der Waals surface area contributed by atoms with Gasteiger partial charge in [-0.1, -0.05) is 46.9 Å².